The number of ether oxygens (including phenoxy) is 2. The van der Waals surface area contributed by atoms with Gasteiger partial charge in [-0.15, -0.1) is 6.42 Å². The van der Waals surface area contributed by atoms with Crippen LogP contribution in [0.4, 0.5) is 17.1 Å². The van der Waals surface area contributed by atoms with Crippen molar-refractivity contribution in [1.82, 2.24) is 5.32 Å². The van der Waals surface area contributed by atoms with E-state index in [0.717, 1.165) is 124 Å². The third-order valence-corrected chi connectivity index (χ3v) is 17.7. The van der Waals surface area contributed by atoms with E-state index < -0.39 is 0 Å². The van der Waals surface area contributed by atoms with Crippen molar-refractivity contribution in [3.63, 3.8) is 0 Å². The molecule has 8 N–H and O–H groups in total. The Labute approximate surface area is 673 Å². The number of para-hydroxylation sites is 3. The van der Waals surface area contributed by atoms with Crippen molar-refractivity contribution in [2.45, 2.75) is 140 Å². The predicted octanol–water partition coefficient (Wildman–Crippen LogP) is 19.7. The number of hydrogen-bond acceptors (Lipinski definition) is 9. The van der Waals surface area contributed by atoms with Gasteiger partial charge in [0.2, 0.25) is 0 Å². The average Bonchev–Trinajstić information content (AvgIpc) is 0.875. The molecule has 3 aliphatic rings. The van der Waals surface area contributed by atoms with Crippen molar-refractivity contribution < 1.29 is 65.8 Å². The number of hydrogen-bond donors (Lipinski definition) is 6. The van der Waals surface area contributed by atoms with E-state index in [1.54, 1.807) is 38.5 Å². The van der Waals surface area contributed by atoms with Gasteiger partial charge < -0.3 is 66.9 Å². The number of alkyl halides is 1. The first-order valence-corrected chi connectivity index (χ1v) is 38.0. The van der Waals surface area contributed by atoms with Crippen LogP contribution >= 0.6 is 67.8 Å². The summed E-state index contributed by atoms with van der Waals surface area (Å²) in [7, 11) is 3.28. The fourth-order valence-electron chi connectivity index (χ4n) is 11.0. The molecule has 3 fully saturated rings. The van der Waals surface area contributed by atoms with Crippen LogP contribution in [0.1, 0.15) is 171 Å². The molecular weight excluding hydrogens is 1680 g/mol. The molecule has 0 unspecified atom stereocenters. The zero-order valence-electron chi connectivity index (χ0n) is 59.8. The van der Waals surface area contributed by atoms with Crippen LogP contribution in [0, 0.1) is 72.7 Å². The molecule has 8 aromatic carbocycles. The van der Waals surface area contributed by atoms with E-state index in [4.69, 9.17) is 27.4 Å². The molecule has 0 saturated heterocycles. The van der Waals surface area contributed by atoms with Gasteiger partial charge in [0.15, 0.2) is 0 Å². The van der Waals surface area contributed by atoms with Crippen molar-refractivity contribution in [2.75, 3.05) is 35.1 Å². The number of nitrogens with one attached hydrogen (secondary N) is 4. The molecule has 0 atom stereocenters. The molecule has 2 radical (unpaired) electrons. The number of halogens is 3. The molecule has 8 aromatic rings. The summed E-state index contributed by atoms with van der Waals surface area (Å²) in [6.45, 7) is 6.71. The van der Waals surface area contributed by atoms with Gasteiger partial charge in [-0.3, -0.25) is 29.4 Å². The largest absolute Gasteiger partial charge is 0.497 e. The summed E-state index contributed by atoms with van der Waals surface area (Å²) in [5, 5.41) is 12.6. The fourth-order valence-corrected chi connectivity index (χ4v) is 11.3. The van der Waals surface area contributed by atoms with Gasteiger partial charge in [-0.25, -0.2) is 0 Å². The Morgan fingerprint density at radius 2 is 0.824 bits per heavy atom. The summed E-state index contributed by atoms with van der Waals surface area (Å²) in [5.41, 5.74) is 22.7. The summed E-state index contributed by atoms with van der Waals surface area (Å²) < 4.78 is 11.3. The molecule has 11 rings (SSSR count). The van der Waals surface area contributed by atoms with Crippen LogP contribution in [0.3, 0.4) is 0 Å². The molecule has 0 heterocycles. The number of carbonyl (C=O) groups is 4. The fraction of sp³-hybridized carbons (Fsp3) is 0.294. The Kier molecular flexibility index (Phi) is 44.7. The number of nitrogens with two attached hydrogens (primary N) is 2. The predicted molar refractivity (Wildman–Crippen MR) is 442 cm³/mol. The van der Waals surface area contributed by atoms with E-state index in [9.17, 15) is 19.2 Å². The maximum Gasteiger partial charge on any atom is 0.255 e. The molecule has 17 heteroatoms. The minimum atomic E-state index is -0.348. The SMILES string of the molecule is C#CC1(N)CCCCC1.CI.COc1ccc(C=O)cc1.COc1ccc(CNC2(C#Cc3ccc(C(=O)Nc4ccccc4C)cc3)CCCCC2)cc1.Cc1ccccc1NC(=O)c1ccc(C#CC2(N)CCCCC2)cc1.Cc1ccccc1NC(=O)c1ccc(I)cc1.[CH2-]I.[CH3-].[V].[V]. The first-order chi connectivity index (χ1) is 47.9. The number of carbonyl (C=O) groups excluding carboxylic acids is 4. The maximum absolute atomic E-state index is 12.6. The minimum Gasteiger partial charge on any atom is -0.497 e. The van der Waals surface area contributed by atoms with Crippen molar-refractivity contribution in [2.24, 2.45) is 11.5 Å². The molecule has 12 nitrogen and oxygen atoms in total. The Bertz CT molecular complexity index is 3960. The monoisotopic (exact) mass is 1780 g/mol. The molecule has 3 amide bonds. The number of aryl methyl sites for hydroxylation is 3. The topological polar surface area (TPSA) is 187 Å². The number of terminal acetylenes is 1. The van der Waals surface area contributed by atoms with E-state index in [1.165, 1.54) is 50.5 Å². The number of methoxy groups -OCH3 is 2. The van der Waals surface area contributed by atoms with E-state index in [0.29, 0.717) is 22.3 Å². The van der Waals surface area contributed by atoms with Gasteiger partial charge in [-0.2, -0.15) is 0 Å². The van der Waals surface area contributed by atoms with Crippen molar-refractivity contribution in [1.29, 1.82) is 0 Å². The van der Waals surface area contributed by atoms with Gasteiger partial charge in [0.1, 0.15) is 17.8 Å². The quantitative estimate of drug-likeness (QED) is 0.0228. The van der Waals surface area contributed by atoms with E-state index in [1.807, 2.05) is 206 Å². The summed E-state index contributed by atoms with van der Waals surface area (Å²) in [5.74, 6) is 17.3. The van der Waals surface area contributed by atoms with Crippen molar-refractivity contribution in [3.05, 3.63) is 266 Å². The van der Waals surface area contributed by atoms with Crippen LogP contribution in [0.15, 0.2) is 194 Å². The van der Waals surface area contributed by atoms with E-state index >= 15 is 0 Å². The first-order valence-electron chi connectivity index (χ1n) is 33.2. The summed E-state index contributed by atoms with van der Waals surface area (Å²) in [4.78, 5) is 52.3. The minimum absolute atomic E-state index is 0. The van der Waals surface area contributed by atoms with Gasteiger partial charge in [-0.1, -0.05) is 177 Å². The molecule has 0 aromatic heterocycles. The Hall–Kier alpha value is -6.64. The molecule has 3 saturated carbocycles. The second kappa shape index (κ2) is 49.9. The number of anilines is 3. The van der Waals surface area contributed by atoms with Gasteiger partial charge in [0, 0.05) is 97.7 Å². The van der Waals surface area contributed by atoms with Crippen molar-refractivity contribution >= 4 is 109 Å². The van der Waals surface area contributed by atoms with Crippen LogP contribution < -0.4 is 42.2 Å². The van der Waals surface area contributed by atoms with Gasteiger partial charge in [-0.05, 0) is 236 Å². The number of benzene rings is 8. The second-order valence-corrected chi connectivity index (χ2v) is 25.5. The Morgan fingerprint density at radius 1 is 0.490 bits per heavy atom. The standard InChI is InChI=1S/C30H32N2O2.C22H24N2O.C14H12INO.C8H13N.C8H8O2.CH3I.CH2I.CH3.2V/c1-23-8-4-5-9-28(23)32-29(33)26-14-10-24(11-15-26)18-21-30(19-6-3-7-20-30)31-22-25-12-16-27(34-2)17-13-25;1-17-7-3-4-8-20(17)24-21(25)19-11-9-18(10-12-19)13-16-22(23)14-5-2-6-15-22;1-10-4-2-3-5-13(10)16-14(17)11-6-8-12(15)9-7-11;1-2-8(9)6-4-3-5-7-8;1-10-8-4-2-7(6-9)3-5-8;2*1-2;;;/h4-5,8-17,31H,3,6-7,19-20,22H2,1-2H3,(H,32,33);3-4,7-12H,2,5-6,14-15,23H2,1H3,(H,24,25);2-9H,1H3,(H,16,17);1H,3-7,9H2;2-6H,1H3;1H3;1H2;1H3;;/q;;;;;;2*-1;;. The zero-order valence-corrected chi connectivity index (χ0v) is 69.0. The molecule has 0 aliphatic heterocycles. The van der Waals surface area contributed by atoms with Crippen molar-refractivity contribution in [3.8, 4) is 47.5 Å². The van der Waals surface area contributed by atoms with Crippen LogP contribution in [-0.2, 0) is 43.7 Å². The third kappa shape index (κ3) is 32.2. The zero-order chi connectivity index (χ0) is 71.9. The van der Waals surface area contributed by atoms with Crippen LogP contribution in [0.25, 0.3) is 0 Å². The van der Waals surface area contributed by atoms with Gasteiger partial charge in [0.25, 0.3) is 17.7 Å². The summed E-state index contributed by atoms with van der Waals surface area (Å²) in [6, 6.07) is 60.8. The van der Waals surface area contributed by atoms with Gasteiger partial charge in [0.05, 0.1) is 30.8 Å². The molecule has 0 spiro atoms. The number of rotatable bonds is 12. The normalized spacial score (nSPS) is 13.6. The van der Waals surface area contributed by atoms with Gasteiger partial charge >= 0.3 is 0 Å². The Morgan fingerprint density at radius 3 is 1.17 bits per heavy atom. The molecule has 0 bridgehead atoms. The number of aldehydes is 1. The Balaban J connectivity index is 0.000000457. The third-order valence-electron chi connectivity index (χ3n) is 17.0. The second-order valence-electron chi connectivity index (χ2n) is 24.3. The first kappa shape index (κ1) is 91.4. The maximum atomic E-state index is 12.6. The van der Waals surface area contributed by atoms with Crippen LogP contribution in [0.5, 0.6) is 11.5 Å². The number of amides is 3. The van der Waals surface area contributed by atoms with E-state index in [-0.39, 0.29) is 78.9 Å². The van der Waals surface area contributed by atoms with E-state index in [2.05, 4.69) is 113 Å². The average molecular weight is 1780 g/mol. The summed E-state index contributed by atoms with van der Waals surface area (Å²) >= 11 is 6.27. The smallest absolute Gasteiger partial charge is 0.255 e. The van der Waals surface area contributed by atoms with Crippen LogP contribution in [-0.4, -0.2) is 59.8 Å². The molecule has 102 heavy (non-hydrogen) atoms. The molecular formula is C85H97I3N6O6V2-2. The summed E-state index contributed by atoms with van der Waals surface area (Å²) in [6.07, 6.45) is 23.1. The molecule has 3 aliphatic carbocycles. The van der Waals surface area contributed by atoms with Crippen LogP contribution in [0.2, 0.25) is 0 Å². The molecule has 536 valence electrons.